The van der Waals surface area contributed by atoms with Crippen molar-refractivity contribution in [2.45, 2.75) is 38.8 Å². The summed E-state index contributed by atoms with van der Waals surface area (Å²) in [6.45, 7) is 5.34. The quantitative estimate of drug-likeness (QED) is 0.359. The molecule has 0 amide bonds. The van der Waals surface area contributed by atoms with Gasteiger partial charge in [-0.3, -0.25) is 24.2 Å². The van der Waals surface area contributed by atoms with Crippen LogP contribution in [0.4, 0.5) is 4.39 Å². The van der Waals surface area contributed by atoms with E-state index in [9.17, 15) is 29.0 Å². The van der Waals surface area contributed by atoms with Crippen molar-refractivity contribution >= 4 is 17.3 Å². The number of likely N-dealkylation sites (tertiary alicyclic amines) is 2. The van der Waals surface area contributed by atoms with E-state index < -0.39 is 23.6 Å². The van der Waals surface area contributed by atoms with Crippen LogP contribution in [0.15, 0.2) is 66.7 Å². The molecule has 7 nitrogen and oxygen atoms in total. The van der Waals surface area contributed by atoms with E-state index in [0.717, 1.165) is 19.5 Å². The summed E-state index contributed by atoms with van der Waals surface area (Å²) in [5, 5.41) is 20.3. The third-order valence-corrected chi connectivity index (χ3v) is 8.54. The van der Waals surface area contributed by atoms with Crippen molar-refractivity contribution in [1.29, 1.82) is 0 Å². The highest BCUT2D eigenvalue weighted by Crippen LogP contribution is 2.44. The van der Waals surface area contributed by atoms with E-state index in [1.807, 2.05) is 0 Å². The standard InChI is InChI=1S/C33H35FN2O5/c1-20(37)15-30(35-13-6-14-35)36-18-27(32(40)22-7-3-9-24(38)16-22)31(26-11-5-12-29(34)21(26)2)28(19-36)33(41)23-8-4-10-25(39)17-23/h3-5,7-12,16-17,27-28,30-31,38-39H,6,13-15,18-19H2,1-2H3/t27-,28+,30?,31?. The van der Waals surface area contributed by atoms with Gasteiger partial charge in [-0.2, -0.15) is 0 Å². The number of hydrogen-bond donors (Lipinski definition) is 2. The largest absolute Gasteiger partial charge is 0.508 e. The SMILES string of the molecule is CC(=O)CC(N1CCC1)N1C[C@H](C(=O)c2cccc(O)c2)C(c2cccc(F)c2C)[C@H](C(=O)c2cccc(O)c2)C1. The minimum atomic E-state index is -0.770. The number of benzene rings is 3. The van der Waals surface area contributed by atoms with Gasteiger partial charge in [-0.25, -0.2) is 4.39 Å². The summed E-state index contributed by atoms with van der Waals surface area (Å²) in [5.74, 6) is -3.27. The molecule has 5 rings (SSSR count). The Balaban J connectivity index is 1.67. The predicted octanol–water partition coefficient (Wildman–Crippen LogP) is 4.95. The highest BCUT2D eigenvalue weighted by atomic mass is 19.1. The molecule has 2 heterocycles. The normalized spacial score (nSPS) is 22.1. The summed E-state index contributed by atoms with van der Waals surface area (Å²) in [6, 6.07) is 17.0. The molecule has 2 aliphatic heterocycles. The number of nitrogens with zero attached hydrogens (tertiary/aromatic N) is 2. The Labute approximate surface area is 239 Å². The number of carbonyl (C=O) groups is 3. The van der Waals surface area contributed by atoms with Gasteiger partial charge >= 0.3 is 0 Å². The van der Waals surface area contributed by atoms with Crippen LogP contribution >= 0.6 is 0 Å². The zero-order valence-electron chi connectivity index (χ0n) is 23.3. The van der Waals surface area contributed by atoms with E-state index in [1.165, 1.54) is 30.3 Å². The van der Waals surface area contributed by atoms with Gasteiger partial charge in [-0.15, -0.1) is 0 Å². The number of carbonyl (C=O) groups excluding carboxylic acids is 3. The third-order valence-electron chi connectivity index (χ3n) is 8.54. The lowest BCUT2D eigenvalue weighted by atomic mass is 9.67. The van der Waals surface area contributed by atoms with Crippen LogP contribution in [0.5, 0.6) is 11.5 Å². The Morgan fingerprint density at radius 1 is 0.854 bits per heavy atom. The van der Waals surface area contributed by atoms with Crippen molar-refractivity contribution in [3.63, 3.8) is 0 Å². The van der Waals surface area contributed by atoms with Crippen molar-refractivity contribution in [2.24, 2.45) is 11.8 Å². The van der Waals surface area contributed by atoms with Gasteiger partial charge in [0.2, 0.25) is 0 Å². The van der Waals surface area contributed by atoms with E-state index >= 15 is 0 Å². The van der Waals surface area contributed by atoms with E-state index in [4.69, 9.17) is 0 Å². The molecule has 0 aliphatic carbocycles. The fraction of sp³-hybridized carbons (Fsp3) is 0.364. The number of piperidine rings is 1. The van der Waals surface area contributed by atoms with Crippen LogP contribution < -0.4 is 0 Å². The zero-order valence-corrected chi connectivity index (χ0v) is 23.3. The van der Waals surface area contributed by atoms with Gasteiger partial charge in [-0.05, 0) is 61.7 Å². The molecule has 0 spiro atoms. The van der Waals surface area contributed by atoms with Gasteiger partial charge in [-0.1, -0.05) is 36.4 Å². The Hall–Kier alpha value is -3.88. The third kappa shape index (κ3) is 5.94. The molecule has 41 heavy (non-hydrogen) atoms. The molecule has 2 N–H and O–H groups in total. The average molecular weight is 559 g/mol. The Bertz CT molecular complexity index is 1400. The van der Waals surface area contributed by atoms with Crippen LogP contribution in [0.3, 0.4) is 0 Å². The second kappa shape index (κ2) is 11.9. The molecule has 3 aromatic rings. The minimum absolute atomic E-state index is 0.0108. The van der Waals surface area contributed by atoms with Crippen LogP contribution in [0.25, 0.3) is 0 Å². The van der Waals surface area contributed by atoms with E-state index in [1.54, 1.807) is 50.2 Å². The van der Waals surface area contributed by atoms with Crippen LogP contribution in [-0.4, -0.2) is 69.7 Å². The molecular formula is C33H35FN2O5. The van der Waals surface area contributed by atoms with Crippen molar-refractivity contribution in [2.75, 3.05) is 26.2 Å². The summed E-state index contributed by atoms with van der Waals surface area (Å²) in [4.78, 5) is 45.2. The zero-order chi connectivity index (χ0) is 29.3. The monoisotopic (exact) mass is 558 g/mol. The maximum absolute atomic E-state index is 15.0. The number of aromatic hydroxyl groups is 2. The van der Waals surface area contributed by atoms with Crippen LogP contribution in [0.2, 0.25) is 0 Å². The predicted molar refractivity (Wildman–Crippen MR) is 153 cm³/mol. The summed E-state index contributed by atoms with van der Waals surface area (Å²) in [6.07, 6.45) is 0.976. The fourth-order valence-corrected chi connectivity index (χ4v) is 6.37. The first-order valence-corrected chi connectivity index (χ1v) is 14.0. The Kier molecular flexibility index (Phi) is 8.33. The molecular weight excluding hydrogens is 523 g/mol. The topological polar surface area (TPSA) is 98.2 Å². The van der Waals surface area contributed by atoms with Crippen molar-refractivity contribution in [3.8, 4) is 11.5 Å². The molecule has 2 fully saturated rings. The minimum Gasteiger partial charge on any atom is -0.508 e. The van der Waals surface area contributed by atoms with Gasteiger partial charge in [0.25, 0.3) is 0 Å². The summed E-state index contributed by atoms with van der Waals surface area (Å²) >= 11 is 0. The maximum atomic E-state index is 15.0. The Morgan fingerprint density at radius 3 is 1.85 bits per heavy atom. The number of phenolic OH excluding ortho intramolecular Hbond substituents is 2. The first-order valence-electron chi connectivity index (χ1n) is 14.0. The van der Waals surface area contributed by atoms with Crippen molar-refractivity contribution in [3.05, 3.63) is 94.8 Å². The number of hydrogen-bond acceptors (Lipinski definition) is 7. The lowest BCUT2D eigenvalue weighted by Gasteiger charge is -2.50. The molecule has 3 aromatic carbocycles. The van der Waals surface area contributed by atoms with Gasteiger partial charge in [0, 0.05) is 61.5 Å². The molecule has 0 aromatic heterocycles. The molecule has 4 atom stereocenters. The van der Waals surface area contributed by atoms with Gasteiger partial charge in [0.1, 0.15) is 23.1 Å². The highest BCUT2D eigenvalue weighted by molar-refractivity contribution is 6.02. The second-order valence-corrected chi connectivity index (χ2v) is 11.3. The number of ketones is 3. The first-order chi connectivity index (χ1) is 19.6. The number of rotatable bonds is 9. The maximum Gasteiger partial charge on any atom is 0.167 e. The molecule has 8 heteroatoms. The van der Waals surface area contributed by atoms with Gasteiger partial charge in [0.05, 0.1) is 6.17 Å². The Morgan fingerprint density at radius 2 is 1.39 bits per heavy atom. The highest BCUT2D eigenvalue weighted by Gasteiger charge is 2.48. The molecule has 2 aliphatic rings. The molecule has 0 saturated carbocycles. The molecule has 2 unspecified atom stereocenters. The average Bonchev–Trinajstić information content (AvgIpc) is 2.91. The van der Waals surface area contributed by atoms with Crippen molar-refractivity contribution < 1.29 is 29.0 Å². The first kappa shape index (κ1) is 28.6. The van der Waals surface area contributed by atoms with Crippen LogP contribution in [0.1, 0.15) is 57.5 Å². The smallest absolute Gasteiger partial charge is 0.167 e. The summed E-state index contributed by atoms with van der Waals surface area (Å²) in [5.41, 5.74) is 1.54. The molecule has 0 radical (unpaired) electrons. The summed E-state index contributed by atoms with van der Waals surface area (Å²) in [7, 11) is 0. The number of phenols is 2. The van der Waals surface area contributed by atoms with E-state index in [2.05, 4.69) is 9.80 Å². The fourth-order valence-electron chi connectivity index (χ4n) is 6.37. The lowest BCUT2D eigenvalue weighted by Crippen LogP contribution is -2.61. The molecule has 0 bridgehead atoms. The van der Waals surface area contributed by atoms with Crippen LogP contribution in [0, 0.1) is 24.6 Å². The van der Waals surface area contributed by atoms with Crippen LogP contribution in [-0.2, 0) is 4.79 Å². The number of halogens is 1. The summed E-state index contributed by atoms with van der Waals surface area (Å²) < 4.78 is 15.0. The van der Waals surface area contributed by atoms with E-state index in [0.29, 0.717) is 22.3 Å². The molecule has 2 saturated heterocycles. The lowest BCUT2D eigenvalue weighted by molar-refractivity contribution is -0.122. The van der Waals surface area contributed by atoms with Gasteiger partial charge < -0.3 is 10.2 Å². The number of Topliss-reactive ketones (excluding diaryl/α,β-unsaturated/α-hetero) is 3. The van der Waals surface area contributed by atoms with Crippen molar-refractivity contribution in [1.82, 2.24) is 9.80 Å². The second-order valence-electron chi connectivity index (χ2n) is 11.3. The van der Waals surface area contributed by atoms with Gasteiger partial charge in [0.15, 0.2) is 11.6 Å². The van der Waals surface area contributed by atoms with E-state index in [-0.39, 0.29) is 54.5 Å². The molecule has 214 valence electrons.